The van der Waals surface area contributed by atoms with Crippen LogP contribution < -0.4 is 4.72 Å². The fourth-order valence-corrected chi connectivity index (χ4v) is 3.67. The minimum Gasteiger partial charge on any atom is -0.364 e. The first-order chi connectivity index (χ1) is 11.1. The summed E-state index contributed by atoms with van der Waals surface area (Å²) < 4.78 is 33.9. The van der Waals surface area contributed by atoms with Gasteiger partial charge in [0.05, 0.1) is 11.7 Å². The van der Waals surface area contributed by atoms with Gasteiger partial charge in [-0.3, -0.25) is 4.40 Å². The van der Waals surface area contributed by atoms with Gasteiger partial charge in [-0.15, -0.1) is 10.2 Å². The van der Waals surface area contributed by atoms with Crippen LogP contribution >= 0.6 is 0 Å². The van der Waals surface area contributed by atoms with Crippen LogP contribution in [0, 0.1) is 0 Å². The summed E-state index contributed by atoms with van der Waals surface area (Å²) >= 11 is 0. The van der Waals surface area contributed by atoms with Crippen LogP contribution in [-0.2, 0) is 15.8 Å². The van der Waals surface area contributed by atoms with Crippen molar-refractivity contribution in [2.75, 3.05) is 0 Å². The zero-order chi connectivity index (χ0) is 16.3. The summed E-state index contributed by atoms with van der Waals surface area (Å²) in [5, 5.41) is 11.9. The lowest BCUT2D eigenvalue weighted by Gasteiger charge is -2.16. The molecule has 122 valence electrons. The first-order valence-corrected chi connectivity index (χ1v) is 8.93. The molecule has 8 nitrogen and oxygen atoms in total. The molecule has 0 bridgehead atoms. The smallest absolute Gasteiger partial charge is 0.218 e. The van der Waals surface area contributed by atoms with E-state index >= 15 is 0 Å². The van der Waals surface area contributed by atoms with Crippen molar-refractivity contribution in [3.8, 4) is 0 Å². The number of nitrogens with one attached hydrogen (secondary N) is 1. The number of hydrogen-bond donors (Lipinski definition) is 1. The molecule has 3 aromatic rings. The molecule has 0 amide bonds. The summed E-state index contributed by atoms with van der Waals surface area (Å²) in [4.78, 5) is 0. The van der Waals surface area contributed by atoms with Crippen LogP contribution in [0.25, 0.3) is 5.65 Å². The van der Waals surface area contributed by atoms with Crippen LogP contribution in [0.2, 0.25) is 0 Å². The predicted octanol–water partition coefficient (Wildman–Crippen LogP) is 1.68. The molecule has 0 aliphatic heterocycles. The highest BCUT2D eigenvalue weighted by Crippen LogP contribution is 2.19. The molecular weight excluding hydrogens is 318 g/mol. The van der Waals surface area contributed by atoms with Crippen LogP contribution in [0.1, 0.15) is 37.3 Å². The highest BCUT2D eigenvalue weighted by Gasteiger charge is 2.24. The Labute approximate surface area is 133 Å². The van der Waals surface area contributed by atoms with Gasteiger partial charge in [-0.2, -0.15) is 0 Å². The Hall–Kier alpha value is -2.26. The molecule has 0 spiro atoms. The lowest BCUT2D eigenvalue weighted by atomic mass is 10.2. The monoisotopic (exact) mass is 335 g/mol. The summed E-state index contributed by atoms with van der Waals surface area (Å²) in [6.07, 6.45) is 4.59. The molecule has 3 aromatic heterocycles. The molecule has 0 aliphatic carbocycles. The molecule has 1 N–H and O–H groups in total. The molecule has 0 saturated carbocycles. The second-order valence-electron chi connectivity index (χ2n) is 5.20. The molecule has 0 saturated heterocycles. The van der Waals surface area contributed by atoms with Crippen molar-refractivity contribution in [2.24, 2.45) is 0 Å². The summed E-state index contributed by atoms with van der Waals surface area (Å²) in [7, 11) is -3.57. The zero-order valence-corrected chi connectivity index (χ0v) is 13.4. The summed E-state index contributed by atoms with van der Waals surface area (Å²) in [6, 6.07) is 6.61. The van der Waals surface area contributed by atoms with Gasteiger partial charge in [-0.25, -0.2) is 13.1 Å². The van der Waals surface area contributed by atoms with Crippen molar-refractivity contribution in [3.05, 3.63) is 48.2 Å². The van der Waals surface area contributed by atoms with E-state index in [0.29, 0.717) is 23.6 Å². The summed E-state index contributed by atoms with van der Waals surface area (Å²) in [5.41, 5.74) is 1.04. The van der Waals surface area contributed by atoms with E-state index in [1.165, 1.54) is 12.3 Å². The fourth-order valence-electron chi connectivity index (χ4n) is 2.39. The Morgan fingerprint density at radius 3 is 2.91 bits per heavy atom. The molecule has 3 heterocycles. The van der Waals surface area contributed by atoms with Gasteiger partial charge in [0, 0.05) is 12.3 Å². The average Bonchev–Trinajstić information content (AvgIpc) is 3.15. The molecule has 0 radical (unpaired) electrons. The van der Waals surface area contributed by atoms with Gasteiger partial charge < -0.3 is 4.52 Å². The minimum absolute atomic E-state index is 0.236. The maximum absolute atomic E-state index is 12.4. The minimum atomic E-state index is -3.57. The number of nitrogens with zero attached hydrogens (tertiary/aromatic N) is 4. The lowest BCUT2D eigenvalue weighted by Crippen LogP contribution is -2.31. The molecule has 0 aliphatic rings. The van der Waals surface area contributed by atoms with E-state index in [0.717, 1.165) is 6.42 Å². The highest BCUT2D eigenvalue weighted by atomic mass is 32.2. The summed E-state index contributed by atoms with van der Waals surface area (Å²) in [5.74, 6) is 0.340. The van der Waals surface area contributed by atoms with Crippen molar-refractivity contribution in [1.29, 1.82) is 0 Å². The third-order valence-corrected chi connectivity index (χ3v) is 4.70. The standard InChI is InChI=1S/C14H17N5O3S/c1-2-5-12(14-16-15-13-6-3-4-8-19(13)14)18-23(20,21)10-11-7-9-22-17-11/h3-4,6-9,12,18H,2,5,10H2,1H3/t12-/m0/s1. The van der Waals surface area contributed by atoms with Gasteiger partial charge in [-0.1, -0.05) is 24.6 Å². The number of hydrogen-bond acceptors (Lipinski definition) is 6. The van der Waals surface area contributed by atoms with Crippen LogP contribution in [-0.4, -0.2) is 28.2 Å². The lowest BCUT2D eigenvalue weighted by molar-refractivity contribution is 0.413. The number of fused-ring (bicyclic) bond motifs is 1. The Morgan fingerprint density at radius 1 is 1.30 bits per heavy atom. The van der Waals surface area contributed by atoms with E-state index in [2.05, 4.69) is 24.6 Å². The predicted molar refractivity (Wildman–Crippen MR) is 82.9 cm³/mol. The van der Waals surface area contributed by atoms with Crippen molar-refractivity contribution in [1.82, 2.24) is 24.5 Å². The summed E-state index contributed by atoms with van der Waals surface area (Å²) in [6.45, 7) is 1.99. The van der Waals surface area contributed by atoms with Crippen LogP contribution in [0.4, 0.5) is 0 Å². The van der Waals surface area contributed by atoms with Crippen molar-refractivity contribution in [3.63, 3.8) is 0 Å². The normalized spacial score (nSPS) is 13.4. The van der Waals surface area contributed by atoms with E-state index in [1.807, 2.05) is 31.3 Å². The SMILES string of the molecule is CCC[C@H](NS(=O)(=O)Cc1ccon1)c1nnc2ccccn12. The fraction of sp³-hybridized carbons (Fsp3) is 0.357. The quantitative estimate of drug-likeness (QED) is 0.705. The van der Waals surface area contributed by atoms with Gasteiger partial charge in [0.2, 0.25) is 10.0 Å². The van der Waals surface area contributed by atoms with Crippen LogP contribution in [0.5, 0.6) is 0 Å². The van der Waals surface area contributed by atoms with E-state index in [4.69, 9.17) is 0 Å². The van der Waals surface area contributed by atoms with E-state index in [-0.39, 0.29) is 5.75 Å². The van der Waals surface area contributed by atoms with Gasteiger partial charge >= 0.3 is 0 Å². The van der Waals surface area contributed by atoms with Crippen LogP contribution in [0.15, 0.2) is 41.2 Å². The number of aromatic nitrogens is 4. The first-order valence-electron chi connectivity index (χ1n) is 7.28. The van der Waals surface area contributed by atoms with Gasteiger partial charge in [0.15, 0.2) is 11.5 Å². The Kier molecular flexibility index (Phi) is 4.39. The molecule has 0 unspecified atom stereocenters. The number of sulfonamides is 1. The Morgan fingerprint density at radius 2 is 2.17 bits per heavy atom. The third kappa shape index (κ3) is 3.57. The van der Waals surface area contributed by atoms with Gasteiger partial charge in [-0.05, 0) is 18.6 Å². The van der Waals surface area contributed by atoms with Crippen molar-refractivity contribution in [2.45, 2.75) is 31.6 Å². The van der Waals surface area contributed by atoms with E-state index in [1.54, 1.807) is 4.40 Å². The maximum Gasteiger partial charge on any atom is 0.218 e. The number of rotatable bonds is 7. The van der Waals surface area contributed by atoms with E-state index in [9.17, 15) is 8.42 Å². The van der Waals surface area contributed by atoms with Crippen LogP contribution in [0.3, 0.4) is 0 Å². The molecule has 1 atom stereocenters. The van der Waals surface area contributed by atoms with Gasteiger partial charge in [0.1, 0.15) is 12.0 Å². The molecule has 3 rings (SSSR count). The second-order valence-corrected chi connectivity index (χ2v) is 6.95. The third-order valence-electron chi connectivity index (χ3n) is 3.38. The van der Waals surface area contributed by atoms with E-state index < -0.39 is 16.1 Å². The van der Waals surface area contributed by atoms with Crippen molar-refractivity contribution < 1.29 is 12.9 Å². The topological polar surface area (TPSA) is 102 Å². The Balaban J connectivity index is 1.87. The van der Waals surface area contributed by atoms with Gasteiger partial charge in [0.25, 0.3) is 0 Å². The molecular formula is C14H17N5O3S. The first kappa shape index (κ1) is 15.6. The van der Waals surface area contributed by atoms with Crippen molar-refractivity contribution >= 4 is 15.7 Å². The molecule has 23 heavy (non-hydrogen) atoms. The average molecular weight is 335 g/mol. The molecule has 0 aromatic carbocycles. The Bertz CT molecular complexity index is 873. The molecule has 0 fully saturated rings. The maximum atomic E-state index is 12.4. The molecule has 9 heteroatoms. The highest BCUT2D eigenvalue weighted by molar-refractivity contribution is 7.88. The number of pyridine rings is 1. The second kappa shape index (κ2) is 6.47. The zero-order valence-electron chi connectivity index (χ0n) is 12.6. The largest absolute Gasteiger partial charge is 0.364 e.